The number of fused-ring (bicyclic) bond motifs is 1. The summed E-state index contributed by atoms with van der Waals surface area (Å²) < 4.78 is 0. The summed E-state index contributed by atoms with van der Waals surface area (Å²) in [5.41, 5.74) is 2.77. The maximum Gasteiger partial charge on any atom is 0.407 e. The van der Waals surface area contributed by atoms with Crippen LogP contribution in [0.25, 0.3) is 10.9 Å². The molecule has 1 aliphatic heterocycles. The van der Waals surface area contributed by atoms with E-state index in [9.17, 15) is 9.59 Å². The second-order valence-electron chi connectivity index (χ2n) is 6.67. The average Bonchev–Trinajstić information content (AvgIpc) is 2.72. The largest absolute Gasteiger partial charge is 0.465 e. The number of aromatic nitrogens is 1. The molecule has 0 aliphatic carbocycles. The second-order valence-corrected chi connectivity index (χ2v) is 7.11. The summed E-state index contributed by atoms with van der Waals surface area (Å²) in [6, 6.07) is 14.5. The van der Waals surface area contributed by atoms with Crippen LogP contribution in [-0.4, -0.2) is 53.0 Å². The van der Waals surface area contributed by atoms with Crippen molar-refractivity contribution in [1.82, 2.24) is 9.88 Å². The molecule has 1 saturated heterocycles. The molecular formula is C21H18ClN3O3. The van der Waals surface area contributed by atoms with E-state index in [1.54, 1.807) is 30.5 Å². The van der Waals surface area contributed by atoms with Crippen molar-refractivity contribution in [2.75, 3.05) is 31.1 Å². The number of para-hydroxylation sites is 1. The van der Waals surface area contributed by atoms with Gasteiger partial charge in [-0.2, -0.15) is 0 Å². The Hall–Kier alpha value is -3.12. The molecule has 7 heteroatoms. The number of anilines is 1. The van der Waals surface area contributed by atoms with Crippen molar-refractivity contribution < 1.29 is 14.7 Å². The highest BCUT2D eigenvalue weighted by Gasteiger charge is 2.22. The molecule has 3 aromatic rings. The van der Waals surface area contributed by atoms with E-state index in [0.29, 0.717) is 42.3 Å². The summed E-state index contributed by atoms with van der Waals surface area (Å²) in [6.45, 7) is 2.13. The molecule has 0 atom stereocenters. The summed E-state index contributed by atoms with van der Waals surface area (Å²) in [5.74, 6) is -0.127. The third kappa shape index (κ3) is 3.51. The lowest BCUT2D eigenvalue weighted by atomic mass is 10.0. The Morgan fingerprint density at radius 1 is 0.964 bits per heavy atom. The highest BCUT2D eigenvalue weighted by atomic mass is 35.5. The van der Waals surface area contributed by atoms with Crippen LogP contribution in [0.5, 0.6) is 0 Å². The number of rotatable bonds is 3. The van der Waals surface area contributed by atoms with Gasteiger partial charge in [0.05, 0.1) is 11.2 Å². The van der Waals surface area contributed by atoms with Crippen molar-refractivity contribution in [3.05, 3.63) is 70.9 Å². The predicted octanol–water partition coefficient (Wildman–Crippen LogP) is 3.92. The van der Waals surface area contributed by atoms with Gasteiger partial charge in [-0.15, -0.1) is 0 Å². The zero-order chi connectivity index (χ0) is 19.7. The SMILES string of the molecule is O=C(c1cccc(Cl)c1)c1cnc2c(N3CCN(C(=O)O)CC3)cccc2c1. The highest BCUT2D eigenvalue weighted by molar-refractivity contribution is 6.31. The quantitative estimate of drug-likeness (QED) is 0.680. The summed E-state index contributed by atoms with van der Waals surface area (Å²) in [6.07, 6.45) is 0.697. The third-order valence-electron chi connectivity index (χ3n) is 4.93. The first kappa shape index (κ1) is 18.3. The Morgan fingerprint density at radius 3 is 2.43 bits per heavy atom. The predicted molar refractivity (Wildman–Crippen MR) is 108 cm³/mol. The summed E-state index contributed by atoms with van der Waals surface area (Å²) in [5, 5.41) is 10.5. The van der Waals surface area contributed by atoms with E-state index in [2.05, 4.69) is 9.88 Å². The van der Waals surface area contributed by atoms with E-state index in [4.69, 9.17) is 16.7 Å². The van der Waals surface area contributed by atoms with Gasteiger partial charge in [0.25, 0.3) is 0 Å². The molecule has 1 aromatic heterocycles. The molecule has 0 unspecified atom stereocenters. The minimum absolute atomic E-state index is 0.127. The third-order valence-corrected chi connectivity index (χ3v) is 5.16. The average molecular weight is 396 g/mol. The maximum atomic E-state index is 12.8. The Bertz CT molecular complexity index is 1060. The van der Waals surface area contributed by atoms with Gasteiger partial charge in [0.2, 0.25) is 0 Å². The van der Waals surface area contributed by atoms with Gasteiger partial charge < -0.3 is 14.9 Å². The topological polar surface area (TPSA) is 73.7 Å². The van der Waals surface area contributed by atoms with Gasteiger partial charge in [-0.25, -0.2) is 4.79 Å². The fourth-order valence-corrected chi connectivity index (χ4v) is 3.65. The van der Waals surface area contributed by atoms with Crippen LogP contribution in [0, 0.1) is 0 Å². The number of carboxylic acid groups (broad SMARTS) is 1. The molecule has 6 nitrogen and oxygen atoms in total. The minimum Gasteiger partial charge on any atom is -0.465 e. The first-order valence-electron chi connectivity index (χ1n) is 8.95. The molecular weight excluding hydrogens is 378 g/mol. The second kappa shape index (κ2) is 7.48. The molecule has 4 rings (SSSR count). The Balaban J connectivity index is 1.63. The molecule has 2 aromatic carbocycles. The monoisotopic (exact) mass is 395 g/mol. The number of ketones is 1. The highest BCUT2D eigenvalue weighted by Crippen LogP contribution is 2.27. The number of carbonyl (C=O) groups excluding carboxylic acids is 1. The zero-order valence-electron chi connectivity index (χ0n) is 15.0. The lowest BCUT2D eigenvalue weighted by Gasteiger charge is -2.34. The lowest BCUT2D eigenvalue weighted by molar-refractivity contribution is 0.103. The fourth-order valence-electron chi connectivity index (χ4n) is 3.46. The molecule has 1 N–H and O–H groups in total. The van der Waals surface area contributed by atoms with Gasteiger partial charge in [-0.3, -0.25) is 9.78 Å². The summed E-state index contributed by atoms with van der Waals surface area (Å²) in [4.78, 5) is 32.0. The van der Waals surface area contributed by atoms with E-state index in [1.165, 1.54) is 4.90 Å². The van der Waals surface area contributed by atoms with Crippen molar-refractivity contribution >= 4 is 40.1 Å². The molecule has 0 radical (unpaired) electrons. The minimum atomic E-state index is -0.889. The maximum absolute atomic E-state index is 12.8. The molecule has 0 spiro atoms. The number of pyridine rings is 1. The number of piperazine rings is 1. The van der Waals surface area contributed by atoms with Gasteiger partial charge >= 0.3 is 6.09 Å². The molecule has 2 heterocycles. The van der Waals surface area contributed by atoms with Crippen molar-refractivity contribution in [2.24, 2.45) is 0 Å². The molecule has 0 saturated carbocycles. The number of benzene rings is 2. The van der Waals surface area contributed by atoms with Crippen LogP contribution in [0.1, 0.15) is 15.9 Å². The van der Waals surface area contributed by atoms with E-state index in [-0.39, 0.29) is 5.78 Å². The van der Waals surface area contributed by atoms with Crippen LogP contribution in [0.15, 0.2) is 54.7 Å². The number of amides is 1. The van der Waals surface area contributed by atoms with Crippen LogP contribution in [-0.2, 0) is 0 Å². The van der Waals surface area contributed by atoms with E-state index >= 15 is 0 Å². The van der Waals surface area contributed by atoms with Crippen molar-refractivity contribution in [2.45, 2.75) is 0 Å². The van der Waals surface area contributed by atoms with Crippen LogP contribution in [0.2, 0.25) is 5.02 Å². The molecule has 1 fully saturated rings. The van der Waals surface area contributed by atoms with Gasteiger partial charge in [0.1, 0.15) is 0 Å². The van der Waals surface area contributed by atoms with E-state index in [1.807, 2.05) is 24.3 Å². The van der Waals surface area contributed by atoms with E-state index < -0.39 is 6.09 Å². The van der Waals surface area contributed by atoms with Gasteiger partial charge in [-0.1, -0.05) is 35.9 Å². The summed E-state index contributed by atoms with van der Waals surface area (Å²) in [7, 11) is 0. The number of halogens is 1. The van der Waals surface area contributed by atoms with Crippen LogP contribution in [0.3, 0.4) is 0 Å². The van der Waals surface area contributed by atoms with E-state index in [0.717, 1.165) is 16.6 Å². The first-order valence-corrected chi connectivity index (χ1v) is 9.32. The van der Waals surface area contributed by atoms with Gasteiger partial charge in [0, 0.05) is 53.9 Å². The number of nitrogens with zero attached hydrogens (tertiary/aromatic N) is 3. The lowest BCUT2D eigenvalue weighted by Crippen LogP contribution is -2.48. The Kier molecular flexibility index (Phi) is 4.88. The first-order chi connectivity index (χ1) is 13.5. The number of hydrogen-bond acceptors (Lipinski definition) is 4. The smallest absolute Gasteiger partial charge is 0.407 e. The number of hydrogen-bond donors (Lipinski definition) is 1. The van der Waals surface area contributed by atoms with Crippen LogP contribution < -0.4 is 4.90 Å². The van der Waals surface area contributed by atoms with Crippen molar-refractivity contribution in [3.8, 4) is 0 Å². The molecule has 1 aliphatic rings. The standard InChI is InChI=1S/C21H18ClN3O3/c22-17-5-1-4-15(12-17)20(26)16-11-14-3-2-6-18(19(14)23-13-16)24-7-9-25(10-8-24)21(27)28/h1-6,11-13H,7-10H2,(H,27,28). The van der Waals surface area contributed by atoms with Crippen molar-refractivity contribution in [3.63, 3.8) is 0 Å². The molecule has 142 valence electrons. The summed E-state index contributed by atoms with van der Waals surface area (Å²) >= 11 is 5.99. The Morgan fingerprint density at radius 2 is 1.71 bits per heavy atom. The van der Waals surface area contributed by atoms with Crippen LogP contribution >= 0.6 is 11.6 Å². The molecule has 1 amide bonds. The zero-order valence-corrected chi connectivity index (χ0v) is 15.8. The van der Waals surface area contributed by atoms with Gasteiger partial charge in [0.15, 0.2) is 5.78 Å². The fraction of sp³-hybridized carbons (Fsp3) is 0.190. The van der Waals surface area contributed by atoms with Crippen molar-refractivity contribution in [1.29, 1.82) is 0 Å². The molecule has 0 bridgehead atoms. The Labute approximate surface area is 167 Å². The molecule has 28 heavy (non-hydrogen) atoms. The van der Waals surface area contributed by atoms with Gasteiger partial charge in [-0.05, 0) is 24.3 Å². The van der Waals surface area contributed by atoms with Crippen LogP contribution in [0.4, 0.5) is 10.5 Å². The normalized spacial score (nSPS) is 14.3. The number of carbonyl (C=O) groups is 2.